The van der Waals surface area contributed by atoms with E-state index in [1.165, 1.54) is 12.1 Å². The number of aliphatic hydroxyl groups excluding tert-OH is 1. The first kappa shape index (κ1) is 21.5. The van der Waals surface area contributed by atoms with Crippen molar-refractivity contribution in [3.63, 3.8) is 0 Å². The minimum Gasteiger partial charge on any atom is -0.392 e. The molecule has 1 unspecified atom stereocenters. The van der Waals surface area contributed by atoms with Crippen molar-refractivity contribution in [1.29, 1.82) is 0 Å². The van der Waals surface area contributed by atoms with Gasteiger partial charge in [-0.15, -0.1) is 0 Å². The van der Waals surface area contributed by atoms with Crippen molar-refractivity contribution < 1.29 is 18.3 Å². The standard InChI is InChI=1S/C23H24N2O4S/c1-17(20-5-3-2-4-6-20)24-23(27)25-21-11-13-22(14-12-21)30(28,29)16-19-9-7-18(15-26)8-10-19/h2-14,17,26H,15-16H2,1H3,(H2,24,25,27). The van der Waals surface area contributed by atoms with E-state index in [9.17, 15) is 13.2 Å². The summed E-state index contributed by atoms with van der Waals surface area (Å²) in [5.41, 5.74) is 2.86. The van der Waals surface area contributed by atoms with E-state index in [1.807, 2.05) is 37.3 Å². The molecule has 0 heterocycles. The molecule has 156 valence electrons. The van der Waals surface area contributed by atoms with Crippen LogP contribution in [0.5, 0.6) is 0 Å². The second-order valence-electron chi connectivity index (χ2n) is 6.99. The maximum absolute atomic E-state index is 12.6. The third-order valence-corrected chi connectivity index (χ3v) is 6.38. The number of hydrogen-bond donors (Lipinski definition) is 3. The van der Waals surface area contributed by atoms with Crippen molar-refractivity contribution in [2.24, 2.45) is 0 Å². The van der Waals surface area contributed by atoms with Crippen LogP contribution in [0.2, 0.25) is 0 Å². The number of hydrogen-bond acceptors (Lipinski definition) is 4. The molecule has 0 aliphatic carbocycles. The van der Waals surface area contributed by atoms with E-state index in [0.717, 1.165) is 11.1 Å². The molecule has 0 radical (unpaired) electrons. The Morgan fingerprint density at radius 2 is 1.50 bits per heavy atom. The molecule has 0 aromatic heterocycles. The lowest BCUT2D eigenvalue weighted by Crippen LogP contribution is -2.31. The Morgan fingerprint density at radius 1 is 0.900 bits per heavy atom. The molecular formula is C23H24N2O4S. The molecule has 0 bridgehead atoms. The zero-order valence-corrected chi connectivity index (χ0v) is 17.4. The van der Waals surface area contributed by atoms with Crippen LogP contribution in [0.4, 0.5) is 10.5 Å². The topological polar surface area (TPSA) is 95.5 Å². The van der Waals surface area contributed by atoms with Gasteiger partial charge in [0, 0.05) is 5.69 Å². The van der Waals surface area contributed by atoms with Gasteiger partial charge in [0.15, 0.2) is 9.84 Å². The van der Waals surface area contributed by atoms with Crippen LogP contribution in [0.25, 0.3) is 0 Å². The first-order valence-corrected chi connectivity index (χ1v) is 11.2. The zero-order valence-electron chi connectivity index (χ0n) is 16.6. The first-order valence-electron chi connectivity index (χ1n) is 9.51. The van der Waals surface area contributed by atoms with E-state index in [2.05, 4.69) is 10.6 Å². The molecular weight excluding hydrogens is 400 g/mol. The summed E-state index contributed by atoms with van der Waals surface area (Å²) in [5.74, 6) is -0.138. The zero-order chi connectivity index (χ0) is 21.6. The second-order valence-corrected chi connectivity index (χ2v) is 8.98. The van der Waals surface area contributed by atoms with Crippen molar-refractivity contribution in [2.45, 2.75) is 30.2 Å². The fraction of sp³-hybridized carbons (Fsp3) is 0.174. The summed E-state index contributed by atoms with van der Waals surface area (Å²) < 4.78 is 25.3. The second kappa shape index (κ2) is 9.56. The molecule has 0 saturated heterocycles. The van der Waals surface area contributed by atoms with Crippen LogP contribution >= 0.6 is 0 Å². The highest BCUT2D eigenvalue weighted by molar-refractivity contribution is 7.90. The van der Waals surface area contributed by atoms with E-state index < -0.39 is 9.84 Å². The SMILES string of the molecule is CC(NC(=O)Nc1ccc(S(=O)(=O)Cc2ccc(CO)cc2)cc1)c1ccccc1. The molecule has 0 spiro atoms. The maximum atomic E-state index is 12.6. The number of urea groups is 1. The monoisotopic (exact) mass is 424 g/mol. The molecule has 2 amide bonds. The fourth-order valence-corrected chi connectivity index (χ4v) is 4.33. The summed E-state index contributed by atoms with van der Waals surface area (Å²) in [5, 5.41) is 14.6. The predicted molar refractivity (Wildman–Crippen MR) is 117 cm³/mol. The van der Waals surface area contributed by atoms with Crippen LogP contribution in [0.15, 0.2) is 83.8 Å². The minimum absolute atomic E-state index is 0.0841. The van der Waals surface area contributed by atoms with Gasteiger partial charge in [-0.25, -0.2) is 13.2 Å². The Labute approximate surface area is 176 Å². The van der Waals surface area contributed by atoms with E-state index in [0.29, 0.717) is 11.3 Å². The van der Waals surface area contributed by atoms with Crippen molar-refractivity contribution in [3.8, 4) is 0 Å². The highest BCUT2D eigenvalue weighted by Gasteiger charge is 2.16. The van der Waals surface area contributed by atoms with Gasteiger partial charge in [0.05, 0.1) is 23.3 Å². The van der Waals surface area contributed by atoms with Crippen molar-refractivity contribution in [2.75, 3.05) is 5.32 Å². The van der Waals surface area contributed by atoms with E-state index >= 15 is 0 Å². The Bertz CT molecular complexity index is 1080. The summed E-state index contributed by atoms with van der Waals surface area (Å²) in [4.78, 5) is 12.4. The van der Waals surface area contributed by atoms with Crippen LogP contribution in [-0.2, 0) is 22.2 Å². The number of amides is 2. The molecule has 30 heavy (non-hydrogen) atoms. The normalized spacial score (nSPS) is 12.2. The molecule has 3 aromatic rings. The summed E-state index contributed by atoms with van der Waals surface area (Å²) in [6.07, 6.45) is 0. The van der Waals surface area contributed by atoms with Crippen LogP contribution in [0.1, 0.15) is 29.7 Å². The number of nitrogens with one attached hydrogen (secondary N) is 2. The number of sulfone groups is 1. The Hall–Kier alpha value is -3.16. The highest BCUT2D eigenvalue weighted by atomic mass is 32.2. The largest absolute Gasteiger partial charge is 0.392 e. The molecule has 0 aliphatic rings. The van der Waals surface area contributed by atoms with Crippen molar-refractivity contribution >= 4 is 21.6 Å². The van der Waals surface area contributed by atoms with E-state index in [-0.39, 0.29) is 29.3 Å². The lowest BCUT2D eigenvalue weighted by atomic mass is 10.1. The van der Waals surface area contributed by atoms with Gasteiger partial charge in [0.1, 0.15) is 0 Å². The van der Waals surface area contributed by atoms with E-state index in [1.54, 1.807) is 36.4 Å². The lowest BCUT2D eigenvalue weighted by Gasteiger charge is -2.15. The maximum Gasteiger partial charge on any atom is 0.319 e. The number of anilines is 1. The van der Waals surface area contributed by atoms with Gasteiger partial charge in [-0.05, 0) is 47.9 Å². The first-order chi connectivity index (χ1) is 14.4. The van der Waals surface area contributed by atoms with Gasteiger partial charge >= 0.3 is 6.03 Å². The molecule has 1 atom stereocenters. The quantitative estimate of drug-likeness (QED) is 0.533. The lowest BCUT2D eigenvalue weighted by molar-refractivity contribution is 0.249. The molecule has 7 heteroatoms. The molecule has 0 fully saturated rings. The average Bonchev–Trinajstić information content (AvgIpc) is 2.75. The van der Waals surface area contributed by atoms with Gasteiger partial charge in [-0.3, -0.25) is 0 Å². The van der Waals surface area contributed by atoms with Crippen LogP contribution in [0.3, 0.4) is 0 Å². The molecule has 0 aliphatic heterocycles. The third-order valence-electron chi connectivity index (χ3n) is 4.68. The number of aliphatic hydroxyl groups is 1. The highest BCUT2D eigenvalue weighted by Crippen LogP contribution is 2.20. The Kier molecular flexibility index (Phi) is 6.87. The fourth-order valence-electron chi connectivity index (χ4n) is 2.98. The van der Waals surface area contributed by atoms with Crippen molar-refractivity contribution in [1.82, 2.24) is 5.32 Å². The van der Waals surface area contributed by atoms with Crippen LogP contribution in [0, 0.1) is 0 Å². The Balaban J connectivity index is 1.61. The number of benzene rings is 3. The summed E-state index contributed by atoms with van der Waals surface area (Å²) >= 11 is 0. The smallest absolute Gasteiger partial charge is 0.319 e. The van der Waals surface area contributed by atoms with Gasteiger partial charge < -0.3 is 15.7 Å². The molecule has 3 N–H and O–H groups in total. The van der Waals surface area contributed by atoms with Crippen LogP contribution < -0.4 is 10.6 Å². The van der Waals surface area contributed by atoms with Gasteiger partial charge in [0.2, 0.25) is 0 Å². The number of carbonyl (C=O) groups is 1. The summed E-state index contributed by atoms with van der Waals surface area (Å²) in [7, 11) is -3.52. The molecule has 0 saturated carbocycles. The number of rotatable bonds is 7. The van der Waals surface area contributed by atoms with Gasteiger partial charge in [0.25, 0.3) is 0 Å². The van der Waals surface area contributed by atoms with Crippen molar-refractivity contribution in [3.05, 3.63) is 95.6 Å². The van der Waals surface area contributed by atoms with Crippen LogP contribution in [-0.4, -0.2) is 19.6 Å². The molecule has 3 rings (SSSR count). The third kappa shape index (κ3) is 5.68. The predicted octanol–water partition coefficient (Wildman–Crippen LogP) is 4.04. The van der Waals surface area contributed by atoms with Gasteiger partial charge in [-0.1, -0.05) is 54.6 Å². The van der Waals surface area contributed by atoms with Gasteiger partial charge in [-0.2, -0.15) is 0 Å². The Morgan fingerprint density at radius 3 is 2.10 bits per heavy atom. The molecule has 3 aromatic carbocycles. The average molecular weight is 425 g/mol. The summed E-state index contributed by atoms with van der Waals surface area (Å²) in [6.45, 7) is 1.80. The minimum atomic E-state index is -3.52. The summed E-state index contributed by atoms with van der Waals surface area (Å²) in [6, 6.07) is 21.9. The number of carbonyl (C=O) groups excluding carboxylic acids is 1. The molecule has 6 nitrogen and oxygen atoms in total. The van der Waals surface area contributed by atoms with E-state index in [4.69, 9.17) is 5.11 Å².